The Kier molecular flexibility index (Phi) is 7.99. The molecule has 158 valence electrons. The van der Waals surface area contributed by atoms with Crippen LogP contribution >= 0.6 is 0 Å². The molecule has 4 heteroatoms. The summed E-state index contributed by atoms with van der Waals surface area (Å²) >= 11 is 0. The van der Waals surface area contributed by atoms with E-state index >= 15 is 0 Å². The number of aryl methyl sites for hydroxylation is 3. The van der Waals surface area contributed by atoms with Crippen molar-refractivity contribution in [3.63, 3.8) is 0 Å². The van der Waals surface area contributed by atoms with Gasteiger partial charge in [-0.25, -0.2) is 4.39 Å². The molecule has 0 fully saturated rings. The van der Waals surface area contributed by atoms with Crippen LogP contribution in [0.5, 0.6) is 0 Å². The van der Waals surface area contributed by atoms with Gasteiger partial charge in [0.25, 0.3) is 0 Å². The van der Waals surface area contributed by atoms with E-state index < -0.39 is 0 Å². The molecule has 0 aliphatic heterocycles. The van der Waals surface area contributed by atoms with Gasteiger partial charge < -0.3 is 0 Å². The van der Waals surface area contributed by atoms with E-state index in [1.54, 1.807) is 30.6 Å². The molecule has 0 radical (unpaired) electrons. The molecule has 3 heterocycles. The van der Waals surface area contributed by atoms with Crippen LogP contribution in [0.3, 0.4) is 0 Å². The molecular weight excluding hydrogens is 385 g/mol. The Morgan fingerprint density at radius 1 is 0.839 bits per heavy atom. The fourth-order valence-electron chi connectivity index (χ4n) is 3.17. The normalized spacial score (nSPS) is 10.3. The second kappa shape index (κ2) is 11.1. The zero-order valence-corrected chi connectivity index (χ0v) is 18.3. The van der Waals surface area contributed by atoms with Gasteiger partial charge in [-0.05, 0) is 79.8 Å². The smallest absolute Gasteiger partial charge is 0.132 e. The van der Waals surface area contributed by atoms with Crippen LogP contribution in [0.1, 0.15) is 36.6 Å². The second-order valence-electron chi connectivity index (χ2n) is 7.57. The molecule has 1 aromatic carbocycles. The highest BCUT2D eigenvalue weighted by molar-refractivity contribution is 5.70. The van der Waals surface area contributed by atoms with Crippen LogP contribution in [0.15, 0.2) is 79.4 Å². The van der Waals surface area contributed by atoms with Gasteiger partial charge in [0.2, 0.25) is 0 Å². The molecule has 0 saturated heterocycles. The average molecular weight is 414 g/mol. The van der Waals surface area contributed by atoms with Crippen molar-refractivity contribution in [2.24, 2.45) is 0 Å². The summed E-state index contributed by atoms with van der Waals surface area (Å²) in [6.07, 6.45) is 11.0. The summed E-state index contributed by atoms with van der Waals surface area (Å²) in [6.45, 7) is 6.22. The van der Waals surface area contributed by atoms with Crippen molar-refractivity contribution >= 4 is 0 Å². The number of halogens is 1. The fraction of sp³-hybridized carbons (Fsp3) is 0.222. The van der Waals surface area contributed by atoms with Crippen LogP contribution < -0.4 is 0 Å². The summed E-state index contributed by atoms with van der Waals surface area (Å²) in [5, 5.41) is 0. The lowest BCUT2D eigenvalue weighted by atomic mass is 10.0. The molecular formula is C27H28FN3. The zero-order valence-electron chi connectivity index (χ0n) is 18.3. The number of aromatic nitrogens is 3. The van der Waals surface area contributed by atoms with E-state index in [0.717, 1.165) is 22.4 Å². The van der Waals surface area contributed by atoms with Gasteiger partial charge in [-0.3, -0.25) is 15.0 Å². The third-order valence-corrected chi connectivity index (χ3v) is 4.91. The van der Waals surface area contributed by atoms with Gasteiger partial charge in [-0.15, -0.1) is 0 Å². The average Bonchev–Trinajstić information content (AvgIpc) is 2.80. The van der Waals surface area contributed by atoms with Crippen LogP contribution in [0.2, 0.25) is 0 Å². The number of hydrogen-bond donors (Lipinski definition) is 0. The Morgan fingerprint density at radius 3 is 2.39 bits per heavy atom. The van der Waals surface area contributed by atoms with Gasteiger partial charge in [0.05, 0.1) is 5.69 Å². The topological polar surface area (TPSA) is 38.7 Å². The van der Waals surface area contributed by atoms with Gasteiger partial charge in [0, 0.05) is 41.6 Å². The first kappa shape index (κ1) is 22.3. The van der Waals surface area contributed by atoms with Crippen LogP contribution in [0, 0.1) is 19.7 Å². The third kappa shape index (κ3) is 6.54. The highest BCUT2D eigenvalue weighted by atomic mass is 19.1. The molecule has 0 unspecified atom stereocenters. The van der Waals surface area contributed by atoms with Gasteiger partial charge in [0.15, 0.2) is 0 Å². The van der Waals surface area contributed by atoms with E-state index in [4.69, 9.17) is 0 Å². The molecule has 0 amide bonds. The largest absolute Gasteiger partial charge is 0.264 e. The highest BCUT2D eigenvalue weighted by Crippen LogP contribution is 2.26. The number of unbranched alkanes of at least 4 members (excludes halogenated alkanes) is 1. The van der Waals surface area contributed by atoms with E-state index in [2.05, 4.69) is 34.0 Å². The first-order chi connectivity index (χ1) is 15.1. The van der Waals surface area contributed by atoms with Crippen molar-refractivity contribution in [2.45, 2.75) is 40.0 Å². The van der Waals surface area contributed by atoms with Crippen molar-refractivity contribution in [1.82, 2.24) is 15.0 Å². The SMILES string of the molecule is CCCCc1ccc(C)nc1.Cc1cncc(-c2ccnc(-c3ccccc3F)c2)c1. The predicted molar refractivity (Wildman–Crippen MR) is 125 cm³/mol. The highest BCUT2D eigenvalue weighted by Gasteiger charge is 2.07. The first-order valence-corrected chi connectivity index (χ1v) is 10.6. The van der Waals surface area contributed by atoms with Gasteiger partial charge in [-0.2, -0.15) is 0 Å². The molecule has 3 aromatic heterocycles. The van der Waals surface area contributed by atoms with Crippen LogP contribution in [-0.4, -0.2) is 15.0 Å². The van der Waals surface area contributed by atoms with E-state index in [1.165, 1.54) is 30.9 Å². The maximum atomic E-state index is 13.8. The summed E-state index contributed by atoms with van der Waals surface area (Å²) < 4.78 is 13.8. The number of nitrogens with zero attached hydrogens (tertiary/aromatic N) is 3. The van der Waals surface area contributed by atoms with Crippen LogP contribution in [-0.2, 0) is 6.42 Å². The van der Waals surface area contributed by atoms with Crippen LogP contribution in [0.25, 0.3) is 22.4 Å². The van der Waals surface area contributed by atoms with Gasteiger partial charge in [0.1, 0.15) is 5.82 Å². The van der Waals surface area contributed by atoms with Crippen LogP contribution in [0.4, 0.5) is 4.39 Å². The molecule has 3 nitrogen and oxygen atoms in total. The molecule has 0 N–H and O–H groups in total. The summed E-state index contributed by atoms with van der Waals surface area (Å²) in [4.78, 5) is 12.7. The van der Waals surface area contributed by atoms with Gasteiger partial charge >= 0.3 is 0 Å². The minimum atomic E-state index is -0.264. The zero-order chi connectivity index (χ0) is 22.1. The molecule has 0 atom stereocenters. The fourth-order valence-corrected chi connectivity index (χ4v) is 3.17. The molecule has 0 aliphatic carbocycles. The Hall–Kier alpha value is -3.40. The Balaban J connectivity index is 0.000000210. The van der Waals surface area contributed by atoms with E-state index in [9.17, 15) is 4.39 Å². The van der Waals surface area contributed by atoms with Crippen molar-refractivity contribution < 1.29 is 4.39 Å². The maximum absolute atomic E-state index is 13.8. The molecule has 0 aliphatic rings. The summed E-state index contributed by atoms with van der Waals surface area (Å²) in [7, 11) is 0. The van der Waals surface area contributed by atoms with E-state index in [-0.39, 0.29) is 5.82 Å². The van der Waals surface area contributed by atoms with Crippen molar-refractivity contribution in [1.29, 1.82) is 0 Å². The lowest BCUT2D eigenvalue weighted by Gasteiger charge is -2.06. The molecule has 0 bridgehead atoms. The monoisotopic (exact) mass is 413 g/mol. The molecule has 0 saturated carbocycles. The Morgan fingerprint density at radius 2 is 1.68 bits per heavy atom. The van der Waals surface area contributed by atoms with Crippen molar-refractivity contribution in [2.75, 3.05) is 0 Å². The lowest BCUT2D eigenvalue weighted by molar-refractivity contribution is 0.631. The molecule has 31 heavy (non-hydrogen) atoms. The van der Waals surface area contributed by atoms with Crippen molar-refractivity contribution in [3.05, 3.63) is 102 Å². The summed E-state index contributed by atoms with van der Waals surface area (Å²) in [5.41, 5.74) is 6.67. The van der Waals surface area contributed by atoms with Crippen molar-refractivity contribution in [3.8, 4) is 22.4 Å². The number of rotatable bonds is 5. The van der Waals surface area contributed by atoms with Gasteiger partial charge in [-0.1, -0.05) is 31.5 Å². The Bertz CT molecular complexity index is 1110. The molecule has 4 rings (SSSR count). The first-order valence-electron chi connectivity index (χ1n) is 10.6. The lowest BCUT2D eigenvalue weighted by Crippen LogP contribution is -1.89. The number of benzene rings is 1. The summed E-state index contributed by atoms with van der Waals surface area (Å²) in [5.74, 6) is -0.264. The summed E-state index contributed by atoms with van der Waals surface area (Å²) in [6, 6.07) is 16.7. The maximum Gasteiger partial charge on any atom is 0.132 e. The minimum Gasteiger partial charge on any atom is -0.264 e. The predicted octanol–water partition coefficient (Wildman–Crippen LogP) is 6.99. The quantitative estimate of drug-likeness (QED) is 0.354. The molecule has 0 spiro atoms. The standard InChI is InChI=1S/C17H13FN2.C10H15N/c1-12-8-14(11-19-10-12)13-6-7-20-17(9-13)15-4-2-3-5-16(15)18;1-3-4-5-10-7-6-9(2)11-8-10/h2-11H,1H3;6-8H,3-5H2,1-2H3. The minimum absolute atomic E-state index is 0.264. The van der Waals surface area contributed by atoms with E-state index in [0.29, 0.717) is 11.3 Å². The Labute approximate surface area is 184 Å². The second-order valence-corrected chi connectivity index (χ2v) is 7.57. The third-order valence-electron chi connectivity index (χ3n) is 4.91. The molecule has 4 aromatic rings. The van der Waals surface area contributed by atoms with E-state index in [1.807, 2.05) is 44.4 Å². The number of pyridine rings is 3. The number of hydrogen-bond acceptors (Lipinski definition) is 3.